The summed E-state index contributed by atoms with van der Waals surface area (Å²) in [5, 5.41) is 4.21. The van der Waals surface area contributed by atoms with Crippen LogP contribution in [-0.4, -0.2) is 11.5 Å². The fourth-order valence-corrected chi connectivity index (χ4v) is 1.96. The Kier molecular flexibility index (Phi) is 4.73. The summed E-state index contributed by atoms with van der Waals surface area (Å²) in [7, 11) is 0. The van der Waals surface area contributed by atoms with Crippen LogP contribution in [0.3, 0.4) is 0 Å². The fourth-order valence-electron chi connectivity index (χ4n) is 1.83. The van der Waals surface area contributed by atoms with Crippen molar-refractivity contribution in [1.82, 2.24) is 10.3 Å². The first-order valence-corrected chi connectivity index (χ1v) is 6.47. The molecule has 1 heterocycles. The summed E-state index contributed by atoms with van der Waals surface area (Å²) in [4.78, 5) is 4.18. The highest BCUT2D eigenvalue weighted by Crippen LogP contribution is 2.09. The van der Waals surface area contributed by atoms with Crippen LogP contribution in [0.4, 0.5) is 0 Å². The Morgan fingerprint density at radius 2 is 1.89 bits per heavy atom. The van der Waals surface area contributed by atoms with E-state index in [9.17, 15) is 0 Å². The number of halogens is 1. The van der Waals surface area contributed by atoms with E-state index in [2.05, 4.69) is 35.4 Å². The molecule has 2 nitrogen and oxygen atoms in total. The van der Waals surface area contributed by atoms with Crippen molar-refractivity contribution < 1.29 is 0 Å². The van der Waals surface area contributed by atoms with Crippen LogP contribution in [0.2, 0.25) is 5.02 Å². The molecule has 2 rings (SSSR count). The van der Waals surface area contributed by atoms with E-state index < -0.39 is 0 Å². The first kappa shape index (κ1) is 13.1. The molecule has 0 saturated heterocycles. The second-order valence-electron chi connectivity index (χ2n) is 4.42. The number of benzene rings is 1. The molecule has 2 aromatic rings. The van der Waals surface area contributed by atoms with Gasteiger partial charge in [0.2, 0.25) is 0 Å². The molecule has 0 unspecified atom stereocenters. The molecule has 0 radical (unpaired) electrons. The fraction of sp³-hybridized carbons (Fsp3) is 0.267. The van der Waals surface area contributed by atoms with Crippen LogP contribution in [0.25, 0.3) is 0 Å². The van der Waals surface area contributed by atoms with E-state index in [0.29, 0.717) is 0 Å². The SMILES string of the molecule is Cc1cncc(CNCCc2ccc(Cl)cc2)c1. The maximum atomic E-state index is 5.85. The molecule has 0 amide bonds. The van der Waals surface area contributed by atoms with E-state index >= 15 is 0 Å². The van der Waals surface area contributed by atoms with Crippen LogP contribution in [0, 0.1) is 6.92 Å². The van der Waals surface area contributed by atoms with E-state index in [1.54, 1.807) is 0 Å². The summed E-state index contributed by atoms with van der Waals surface area (Å²) in [6, 6.07) is 10.2. The maximum absolute atomic E-state index is 5.85. The Labute approximate surface area is 113 Å². The number of nitrogens with one attached hydrogen (secondary N) is 1. The molecule has 1 N–H and O–H groups in total. The second kappa shape index (κ2) is 6.53. The van der Waals surface area contributed by atoms with Crippen molar-refractivity contribution in [3.8, 4) is 0 Å². The molecule has 3 heteroatoms. The molecule has 0 aliphatic heterocycles. The average Bonchev–Trinajstić information content (AvgIpc) is 2.37. The largest absolute Gasteiger partial charge is 0.312 e. The van der Waals surface area contributed by atoms with Crippen LogP contribution < -0.4 is 5.32 Å². The molecule has 0 saturated carbocycles. The number of pyridine rings is 1. The summed E-state index contributed by atoms with van der Waals surface area (Å²) >= 11 is 5.85. The standard InChI is InChI=1S/C15H17ClN2/c1-12-8-14(11-18-9-12)10-17-7-6-13-2-4-15(16)5-3-13/h2-5,8-9,11,17H,6-7,10H2,1H3. The van der Waals surface area contributed by atoms with Gasteiger partial charge in [0.25, 0.3) is 0 Å². The molecular formula is C15H17ClN2. The number of rotatable bonds is 5. The predicted octanol–water partition coefficient (Wildman–Crippen LogP) is 3.38. The van der Waals surface area contributed by atoms with Crippen LogP contribution >= 0.6 is 11.6 Å². The third-order valence-electron chi connectivity index (χ3n) is 2.76. The summed E-state index contributed by atoms with van der Waals surface area (Å²) < 4.78 is 0. The molecule has 0 aliphatic carbocycles. The van der Waals surface area contributed by atoms with Gasteiger partial charge in [-0.05, 0) is 48.7 Å². The van der Waals surface area contributed by atoms with Crippen molar-refractivity contribution in [2.24, 2.45) is 0 Å². The van der Waals surface area contributed by atoms with Gasteiger partial charge in [0, 0.05) is 24.0 Å². The number of hydrogen-bond acceptors (Lipinski definition) is 2. The average molecular weight is 261 g/mol. The molecule has 0 spiro atoms. The van der Waals surface area contributed by atoms with Gasteiger partial charge in [-0.1, -0.05) is 29.8 Å². The minimum atomic E-state index is 0.789. The number of nitrogens with zero attached hydrogens (tertiary/aromatic N) is 1. The highest BCUT2D eigenvalue weighted by Gasteiger charge is 1.95. The second-order valence-corrected chi connectivity index (χ2v) is 4.86. The lowest BCUT2D eigenvalue weighted by atomic mass is 10.1. The lowest BCUT2D eigenvalue weighted by molar-refractivity contribution is 0.685. The lowest BCUT2D eigenvalue weighted by Gasteiger charge is -2.05. The monoisotopic (exact) mass is 260 g/mol. The van der Waals surface area contributed by atoms with Crippen molar-refractivity contribution >= 4 is 11.6 Å². The van der Waals surface area contributed by atoms with Crippen LogP contribution in [0.1, 0.15) is 16.7 Å². The van der Waals surface area contributed by atoms with E-state index in [4.69, 9.17) is 11.6 Å². The van der Waals surface area contributed by atoms with Crippen molar-refractivity contribution in [3.05, 3.63) is 64.4 Å². The third-order valence-corrected chi connectivity index (χ3v) is 3.02. The topological polar surface area (TPSA) is 24.9 Å². The Balaban J connectivity index is 1.74. The molecule has 0 atom stereocenters. The molecule has 1 aromatic heterocycles. The Morgan fingerprint density at radius 3 is 2.61 bits per heavy atom. The number of aromatic nitrogens is 1. The van der Waals surface area contributed by atoms with Crippen molar-refractivity contribution in [2.45, 2.75) is 19.9 Å². The van der Waals surface area contributed by atoms with Crippen molar-refractivity contribution in [1.29, 1.82) is 0 Å². The zero-order valence-corrected chi connectivity index (χ0v) is 11.2. The van der Waals surface area contributed by atoms with Gasteiger partial charge in [0.1, 0.15) is 0 Å². The quantitative estimate of drug-likeness (QED) is 0.834. The van der Waals surface area contributed by atoms with Gasteiger partial charge < -0.3 is 5.32 Å². The molecule has 0 bridgehead atoms. The summed E-state index contributed by atoms with van der Waals surface area (Å²) in [5.41, 5.74) is 3.73. The summed E-state index contributed by atoms with van der Waals surface area (Å²) in [6.45, 7) is 3.88. The summed E-state index contributed by atoms with van der Waals surface area (Å²) in [5.74, 6) is 0. The first-order valence-electron chi connectivity index (χ1n) is 6.10. The third kappa shape index (κ3) is 4.13. The highest BCUT2D eigenvalue weighted by molar-refractivity contribution is 6.30. The molecule has 1 aromatic carbocycles. The zero-order valence-electron chi connectivity index (χ0n) is 10.5. The highest BCUT2D eigenvalue weighted by atomic mass is 35.5. The van der Waals surface area contributed by atoms with Gasteiger partial charge in [-0.25, -0.2) is 0 Å². The van der Waals surface area contributed by atoms with Crippen LogP contribution in [-0.2, 0) is 13.0 Å². The number of hydrogen-bond donors (Lipinski definition) is 1. The van der Waals surface area contributed by atoms with Gasteiger partial charge in [-0.2, -0.15) is 0 Å². The Hall–Kier alpha value is -1.38. The Morgan fingerprint density at radius 1 is 1.11 bits per heavy atom. The number of aryl methyl sites for hydroxylation is 1. The van der Waals surface area contributed by atoms with Gasteiger partial charge in [0.05, 0.1) is 0 Å². The minimum Gasteiger partial charge on any atom is -0.312 e. The first-order chi connectivity index (χ1) is 8.74. The molecular weight excluding hydrogens is 244 g/mol. The van der Waals surface area contributed by atoms with Gasteiger partial charge >= 0.3 is 0 Å². The van der Waals surface area contributed by atoms with Crippen molar-refractivity contribution in [3.63, 3.8) is 0 Å². The van der Waals surface area contributed by atoms with E-state index in [-0.39, 0.29) is 0 Å². The van der Waals surface area contributed by atoms with Gasteiger partial charge in [-0.3, -0.25) is 4.98 Å². The lowest BCUT2D eigenvalue weighted by Crippen LogP contribution is -2.16. The Bertz CT molecular complexity index is 494. The van der Waals surface area contributed by atoms with Crippen LogP contribution in [0.15, 0.2) is 42.7 Å². The van der Waals surface area contributed by atoms with Crippen LogP contribution in [0.5, 0.6) is 0 Å². The molecule has 0 aliphatic rings. The van der Waals surface area contributed by atoms with Gasteiger partial charge in [-0.15, -0.1) is 0 Å². The van der Waals surface area contributed by atoms with E-state index in [1.807, 2.05) is 24.5 Å². The molecule has 18 heavy (non-hydrogen) atoms. The smallest absolute Gasteiger partial charge is 0.0406 e. The minimum absolute atomic E-state index is 0.789. The molecule has 94 valence electrons. The zero-order chi connectivity index (χ0) is 12.8. The summed E-state index contributed by atoms with van der Waals surface area (Å²) in [6.07, 6.45) is 4.79. The maximum Gasteiger partial charge on any atom is 0.0406 e. The van der Waals surface area contributed by atoms with E-state index in [1.165, 1.54) is 16.7 Å². The normalized spacial score (nSPS) is 10.6. The predicted molar refractivity (Wildman–Crippen MR) is 75.8 cm³/mol. The molecule has 0 fully saturated rings. The van der Waals surface area contributed by atoms with E-state index in [0.717, 1.165) is 24.5 Å². The van der Waals surface area contributed by atoms with Gasteiger partial charge in [0.15, 0.2) is 0 Å². The van der Waals surface area contributed by atoms with Crippen molar-refractivity contribution in [2.75, 3.05) is 6.54 Å².